The number of benzene rings is 1. The minimum atomic E-state index is -3.58. The zero-order valence-electron chi connectivity index (χ0n) is 9.67. The van der Waals surface area contributed by atoms with E-state index in [1.807, 2.05) is 0 Å². The Hall–Kier alpha value is -0.980. The van der Waals surface area contributed by atoms with Crippen molar-refractivity contribution in [3.63, 3.8) is 0 Å². The number of halogens is 1. The quantitative estimate of drug-likeness (QED) is 0.904. The van der Waals surface area contributed by atoms with E-state index in [1.54, 1.807) is 0 Å². The van der Waals surface area contributed by atoms with Crippen molar-refractivity contribution in [3.8, 4) is 0 Å². The molecule has 18 heavy (non-hydrogen) atoms. The van der Waals surface area contributed by atoms with Crippen molar-refractivity contribution in [3.05, 3.63) is 30.1 Å². The van der Waals surface area contributed by atoms with Crippen LogP contribution in [0.5, 0.6) is 0 Å². The Morgan fingerprint density at radius 2 is 1.94 bits per heavy atom. The van der Waals surface area contributed by atoms with Crippen LogP contribution in [0, 0.1) is 5.82 Å². The van der Waals surface area contributed by atoms with E-state index in [0.29, 0.717) is 0 Å². The molecule has 0 saturated carbocycles. The first-order chi connectivity index (χ1) is 8.54. The van der Waals surface area contributed by atoms with Crippen LogP contribution >= 0.6 is 0 Å². The fraction of sp³-hybridized carbons (Fsp3) is 0.500. The van der Waals surface area contributed by atoms with Gasteiger partial charge >= 0.3 is 0 Å². The van der Waals surface area contributed by atoms with Crippen molar-refractivity contribution in [2.24, 2.45) is 0 Å². The van der Waals surface area contributed by atoms with Crippen molar-refractivity contribution in [2.75, 3.05) is 0 Å². The molecule has 1 aromatic carbocycles. The number of ether oxygens (including phenoxy) is 1. The van der Waals surface area contributed by atoms with Crippen LogP contribution in [0.2, 0.25) is 0 Å². The molecule has 4 nitrogen and oxygen atoms in total. The lowest BCUT2D eigenvalue weighted by atomic mass is 9.96. The van der Waals surface area contributed by atoms with Crippen LogP contribution in [-0.4, -0.2) is 26.7 Å². The fourth-order valence-electron chi connectivity index (χ4n) is 2.64. The molecule has 2 saturated heterocycles. The molecule has 6 heteroatoms. The van der Waals surface area contributed by atoms with Crippen LogP contribution in [0.1, 0.15) is 19.3 Å². The van der Waals surface area contributed by atoms with Gasteiger partial charge in [0.25, 0.3) is 0 Å². The van der Waals surface area contributed by atoms with Gasteiger partial charge < -0.3 is 4.74 Å². The van der Waals surface area contributed by atoms with E-state index >= 15 is 0 Å². The fourth-order valence-corrected chi connectivity index (χ4v) is 3.92. The lowest BCUT2D eigenvalue weighted by Crippen LogP contribution is -2.41. The molecule has 3 atom stereocenters. The van der Waals surface area contributed by atoms with E-state index in [-0.39, 0.29) is 23.1 Å². The minimum absolute atomic E-state index is 0.00905. The lowest BCUT2D eigenvalue weighted by Gasteiger charge is -2.19. The molecule has 0 spiro atoms. The average molecular weight is 271 g/mol. The third kappa shape index (κ3) is 2.15. The Kier molecular flexibility index (Phi) is 2.88. The van der Waals surface area contributed by atoms with Crippen molar-refractivity contribution in [1.29, 1.82) is 0 Å². The molecule has 2 heterocycles. The van der Waals surface area contributed by atoms with E-state index < -0.39 is 15.8 Å². The van der Waals surface area contributed by atoms with Crippen molar-refractivity contribution in [2.45, 2.75) is 42.4 Å². The summed E-state index contributed by atoms with van der Waals surface area (Å²) >= 11 is 0. The SMILES string of the molecule is O=S(=O)(NC1CC2CCC1O2)c1ccc(F)cc1. The second kappa shape index (κ2) is 4.29. The Morgan fingerprint density at radius 3 is 2.50 bits per heavy atom. The zero-order chi connectivity index (χ0) is 12.8. The number of hydrogen-bond acceptors (Lipinski definition) is 3. The number of rotatable bonds is 3. The summed E-state index contributed by atoms with van der Waals surface area (Å²) in [5.41, 5.74) is 0. The molecule has 0 radical (unpaired) electrons. The molecule has 3 rings (SSSR count). The van der Waals surface area contributed by atoms with E-state index in [4.69, 9.17) is 4.74 Å². The highest BCUT2D eigenvalue weighted by molar-refractivity contribution is 7.89. The highest BCUT2D eigenvalue weighted by Gasteiger charge is 2.42. The van der Waals surface area contributed by atoms with Gasteiger partial charge in [-0.1, -0.05) is 0 Å². The van der Waals surface area contributed by atoms with Gasteiger partial charge in [0.2, 0.25) is 10.0 Å². The summed E-state index contributed by atoms with van der Waals surface area (Å²) in [5, 5.41) is 0. The lowest BCUT2D eigenvalue weighted by molar-refractivity contribution is 0.0996. The van der Waals surface area contributed by atoms with Gasteiger partial charge in [0.15, 0.2) is 0 Å². The number of fused-ring (bicyclic) bond motifs is 2. The molecular formula is C12H14FNO3S. The maximum atomic E-state index is 12.8. The summed E-state index contributed by atoms with van der Waals surface area (Å²) in [5.74, 6) is -0.447. The van der Waals surface area contributed by atoms with Gasteiger partial charge in [-0.15, -0.1) is 0 Å². The van der Waals surface area contributed by atoms with Crippen LogP contribution in [0.25, 0.3) is 0 Å². The normalized spacial score (nSPS) is 30.8. The van der Waals surface area contributed by atoms with Gasteiger partial charge in [0.1, 0.15) is 5.82 Å². The molecule has 2 aliphatic heterocycles. The molecule has 2 aliphatic rings. The largest absolute Gasteiger partial charge is 0.373 e. The van der Waals surface area contributed by atoms with Crippen molar-refractivity contribution >= 4 is 10.0 Å². The third-order valence-corrected chi connectivity index (χ3v) is 5.04. The molecular weight excluding hydrogens is 257 g/mol. The van der Waals surface area contributed by atoms with Gasteiger partial charge in [-0.05, 0) is 43.5 Å². The molecule has 98 valence electrons. The maximum absolute atomic E-state index is 12.8. The first kappa shape index (κ1) is 12.1. The molecule has 0 aliphatic carbocycles. The van der Waals surface area contributed by atoms with Gasteiger partial charge in [-0.3, -0.25) is 0 Å². The molecule has 2 fully saturated rings. The predicted octanol–water partition coefficient (Wildman–Crippen LogP) is 1.42. The summed E-state index contributed by atoms with van der Waals surface area (Å²) in [6.45, 7) is 0. The Labute approximate surface area is 105 Å². The van der Waals surface area contributed by atoms with Gasteiger partial charge in [0.05, 0.1) is 23.1 Å². The summed E-state index contributed by atoms with van der Waals surface area (Å²) in [7, 11) is -3.58. The second-order valence-corrected chi connectivity index (χ2v) is 6.51. The van der Waals surface area contributed by atoms with Crippen molar-refractivity contribution in [1.82, 2.24) is 4.72 Å². The van der Waals surface area contributed by atoms with Crippen LogP contribution < -0.4 is 4.72 Å². The van der Waals surface area contributed by atoms with Gasteiger partial charge in [0, 0.05) is 0 Å². The van der Waals surface area contributed by atoms with Gasteiger partial charge in [-0.25, -0.2) is 17.5 Å². The second-order valence-electron chi connectivity index (χ2n) is 4.79. The Balaban J connectivity index is 1.77. The number of sulfonamides is 1. The monoisotopic (exact) mass is 271 g/mol. The Bertz CT molecular complexity index is 543. The third-order valence-electron chi connectivity index (χ3n) is 3.54. The molecule has 1 N–H and O–H groups in total. The van der Waals surface area contributed by atoms with Crippen molar-refractivity contribution < 1.29 is 17.5 Å². The number of hydrogen-bond donors (Lipinski definition) is 1. The van der Waals surface area contributed by atoms with E-state index in [9.17, 15) is 12.8 Å². The highest BCUT2D eigenvalue weighted by atomic mass is 32.2. The first-order valence-corrected chi connectivity index (χ1v) is 7.46. The average Bonchev–Trinajstić information content (AvgIpc) is 2.91. The molecule has 3 unspecified atom stereocenters. The Morgan fingerprint density at radius 1 is 1.22 bits per heavy atom. The molecule has 2 bridgehead atoms. The van der Waals surface area contributed by atoms with Crippen LogP contribution in [-0.2, 0) is 14.8 Å². The van der Waals surface area contributed by atoms with E-state index in [2.05, 4.69) is 4.72 Å². The van der Waals surface area contributed by atoms with Gasteiger partial charge in [-0.2, -0.15) is 0 Å². The molecule has 1 aromatic rings. The van der Waals surface area contributed by atoms with E-state index in [0.717, 1.165) is 31.4 Å². The molecule has 0 amide bonds. The summed E-state index contributed by atoms with van der Waals surface area (Å²) in [4.78, 5) is 0.0895. The summed E-state index contributed by atoms with van der Waals surface area (Å²) < 4.78 is 45.2. The van der Waals surface area contributed by atoms with E-state index in [1.165, 1.54) is 12.1 Å². The molecule has 0 aromatic heterocycles. The topological polar surface area (TPSA) is 55.4 Å². The smallest absolute Gasteiger partial charge is 0.240 e. The zero-order valence-corrected chi connectivity index (χ0v) is 10.5. The summed E-state index contributed by atoms with van der Waals surface area (Å²) in [6.07, 6.45) is 2.83. The maximum Gasteiger partial charge on any atom is 0.240 e. The standard InChI is InChI=1S/C12H14FNO3S/c13-8-1-4-10(5-2-8)18(15,16)14-11-7-9-3-6-12(11)17-9/h1-2,4-5,9,11-12,14H,3,6-7H2. The van der Waals surface area contributed by atoms with Crippen LogP contribution in [0.4, 0.5) is 4.39 Å². The first-order valence-electron chi connectivity index (χ1n) is 5.98. The number of nitrogens with one attached hydrogen (secondary N) is 1. The van der Waals surface area contributed by atoms with Crippen LogP contribution in [0.15, 0.2) is 29.2 Å². The highest BCUT2D eigenvalue weighted by Crippen LogP contribution is 2.34. The minimum Gasteiger partial charge on any atom is -0.373 e. The van der Waals surface area contributed by atoms with Crippen LogP contribution in [0.3, 0.4) is 0 Å². The summed E-state index contributed by atoms with van der Waals surface area (Å²) in [6, 6.07) is 4.67. The predicted molar refractivity (Wildman–Crippen MR) is 63.0 cm³/mol.